The van der Waals surface area contributed by atoms with Crippen LogP contribution in [0.4, 0.5) is 0 Å². The molecule has 214 valence electrons. The Labute approximate surface area is 235 Å². The molecule has 2 N–H and O–H groups in total. The Bertz CT molecular complexity index is 1160. The molecule has 3 amide bonds. The summed E-state index contributed by atoms with van der Waals surface area (Å²) < 4.78 is 7.33. The number of hydrogen-bond donors (Lipinski definition) is 2. The summed E-state index contributed by atoms with van der Waals surface area (Å²) in [4.78, 5) is 46.3. The van der Waals surface area contributed by atoms with Gasteiger partial charge in [0, 0.05) is 57.6 Å². The molecule has 0 unspecified atom stereocenters. The van der Waals surface area contributed by atoms with Gasteiger partial charge >= 0.3 is 0 Å². The molecular weight excluding hydrogens is 508 g/mol. The number of carbonyl (C=O) groups excluding carboxylic acids is 3. The number of piperidine rings is 1. The number of carbonyl (C=O) groups is 3. The van der Waals surface area contributed by atoms with Crippen molar-refractivity contribution in [2.45, 2.75) is 70.0 Å². The summed E-state index contributed by atoms with van der Waals surface area (Å²) in [6.45, 7) is 2.94. The number of likely N-dealkylation sites (tertiary alicyclic amines) is 1. The van der Waals surface area contributed by atoms with Gasteiger partial charge in [-0.2, -0.15) is 5.10 Å². The maximum Gasteiger partial charge on any atom is 0.243 e. The minimum Gasteiger partial charge on any atom is -0.381 e. The SMILES string of the molecule is O=C1N[C@H]2CCN(C(=O)CCCn3cncn3)C[C@H]2C/C=C/CC2(CCOCC2)C(=O)N[C@@H]1Cc1ccccc1. The molecule has 2 aromatic rings. The number of nitrogens with one attached hydrogen (secondary N) is 2. The van der Waals surface area contributed by atoms with Crippen LogP contribution in [0, 0.1) is 11.3 Å². The van der Waals surface area contributed by atoms with E-state index in [1.807, 2.05) is 35.2 Å². The Morgan fingerprint density at radius 1 is 1.10 bits per heavy atom. The van der Waals surface area contributed by atoms with Crippen molar-refractivity contribution in [1.82, 2.24) is 30.3 Å². The van der Waals surface area contributed by atoms with Gasteiger partial charge in [0.15, 0.2) is 0 Å². The molecule has 3 aliphatic rings. The van der Waals surface area contributed by atoms with Crippen LogP contribution in [0.5, 0.6) is 0 Å². The first-order valence-electron chi connectivity index (χ1n) is 14.5. The van der Waals surface area contributed by atoms with Crippen LogP contribution in [-0.2, 0) is 32.1 Å². The van der Waals surface area contributed by atoms with Gasteiger partial charge in [-0.1, -0.05) is 42.5 Å². The van der Waals surface area contributed by atoms with E-state index in [2.05, 4.69) is 32.9 Å². The quantitative estimate of drug-likeness (QED) is 0.535. The number of rotatable bonds is 6. The monoisotopic (exact) mass is 548 g/mol. The van der Waals surface area contributed by atoms with E-state index >= 15 is 0 Å². The van der Waals surface area contributed by atoms with E-state index in [9.17, 15) is 14.4 Å². The number of benzene rings is 1. The van der Waals surface area contributed by atoms with E-state index in [4.69, 9.17) is 4.74 Å². The van der Waals surface area contributed by atoms with Crippen molar-refractivity contribution in [2.75, 3.05) is 26.3 Å². The molecule has 5 rings (SSSR count). The van der Waals surface area contributed by atoms with Crippen molar-refractivity contribution in [3.63, 3.8) is 0 Å². The minimum atomic E-state index is -0.671. The number of aryl methyl sites for hydroxylation is 1. The topological polar surface area (TPSA) is 118 Å². The highest BCUT2D eigenvalue weighted by molar-refractivity contribution is 5.90. The molecule has 1 aromatic carbocycles. The van der Waals surface area contributed by atoms with Crippen molar-refractivity contribution in [3.8, 4) is 0 Å². The maximum atomic E-state index is 13.7. The van der Waals surface area contributed by atoms with Crippen LogP contribution in [0.15, 0.2) is 55.1 Å². The van der Waals surface area contributed by atoms with Gasteiger partial charge in [0.1, 0.15) is 18.7 Å². The standard InChI is InChI=1S/C30H40N6O4/c37-27(10-6-15-36-22-31-21-32-36)35-16-11-25-24(20-35)9-4-5-12-30(13-17-40-18-14-30)29(39)34-26(28(38)33-25)19-23-7-2-1-3-8-23/h1-5,7-8,21-22,24-26H,6,9-20H2,(H,33,38)(H,34,39)/b5-4+/t24-,25+,26-/m1/s1. The van der Waals surface area contributed by atoms with Crippen molar-refractivity contribution < 1.29 is 19.1 Å². The number of aromatic nitrogens is 3. The lowest BCUT2D eigenvalue weighted by molar-refractivity contribution is -0.140. The van der Waals surface area contributed by atoms with Crippen LogP contribution in [0.3, 0.4) is 0 Å². The second-order valence-corrected chi connectivity index (χ2v) is 11.3. The van der Waals surface area contributed by atoms with Crippen LogP contribution in [0.1, 0.15) is 50.5 Å². The summed E-state index contributed by atoms with van der Waals surface area (Å²) in [7, 11) is 0. The number of nitrogens with zero attached hydrogens (tertiary/aromatic N) is 4. The smallest absolute Gasteiger partial charge is 0.243 e. The highest BCUT2D eigenvalue weighted by Gasteiger charge is 2.41. The number of hydrogen-bond acceptors (Lipinski definition) is 6. The average molecular weight is 549 g/mol. The van der Waals surface area contributed by atoms with Gasteiger partial charge in [-0.05, 0) is 44.1 Å². The van der Waals surface area contributed by atoms with E-state index in [1.54, 1.807) is 11.0 Å². The molecule has 3 atom stereocenters. The van der Waals surface area contributed by atoms with Crippen molar-refractivity contribution in [3.05, 3.63) is 60.7 Å². The largest absolute Gasteiger partial charge is 0.381 e. The highest BCUT2D eigenvalue weighted by atomic mass is 16.5. The molecule has 0 bridgehead atoms. The minimum absolute atomic E-state index is 0.0667. The third-order valence-corrected chi connectivity index (χ3v) is 8.61. The second-order valence-electron chi connectivity index (χ2n) is 11.3. The van der Waals surface area contributed by atoms with Gasteiger partial charge in [-0.15, -0.1) is 0 Å². The first kappa shape index (κ1) is 28.0. The van der Waals surface area contributed by atoms with E-state index < -0.39 is 11.5 Å². The van der Waals surface area contributed by atoms with Gasteiger partial charge in [0.25, 0.3) is 0 Å². The third-order valence-electron chi connectivity index (χ3n) is 8.61. The summed E-state index contributed by atoms with van der Waals surface area (Å²) in [5.41, 5.74) is 0.417. The number of fused-ring (bicyclic) bond motifs is 1. The van der Waals surface area contributed by atoms with E-state index in [1.165, 1.54) is 6.33 Å². The van der Waals surface area contributed by atoms with Crippen LogP contribution in [0.25, 0.3) is 0 Å². The predicted molar refractivity (Wildman–Crippen MR) is 149 cm³/mol. The normalized spacial score (nSPS) is 26.1. The van der Waals surface area contributed by atoms with E-state index in [0.717, 1.165) is 12.0 Å². The van der Waals surface area contributed by atoms with Crippen LogP contribution in [0.2, 0.25) is 0 Å². The van der Waals surface area contributed by atoms with Gasteiger partial charge in [0.2, 0.25) is 17.7 Å². The molecule has 2 fully saturated rings. The fourth-order valence-corrected chi connectivity index (χ4v) is 6.11. The van der Waals surface area contributed by atoms with Crippen LogP contribution in [-0.4, -0.2) is 75.8 Å². The Balaban J connectivity index is 1.30. The van der Waals surface area contributed by atoms with Gasteiger partial charge in [0.05, 0.1) is 5.41 Å². The molecule has 1 spiro atoms. The number of amides is 3. The lowest BCUT2D eigenvalue weighted by atomic mass is 9.75. The summed E-state index contributed by atoms with van der Waals surface area (Å²) >= 11 is 0. The summed E-state index contributed by atoms with van der Waals surface area (Å²) in [5.74, 6) is 0.00765. The van der Waals surface area contributed by atoms with Crippen molar-refractivity contribution >= 4 is 17.7 Å². The molecule has 1 aromatic heterocycles. The predicted octanol–water partition coefficient (Wildman–Crippen LogP) is 2.27. The second kappa shape index (κ2) is 13.2. The van der Waals surface area contributed by atoms with Crippen molar-refractivity contribution in [2.24, 2.45) is 11.3 Å². The van der Waals surface area contributed by atoms with Gasteiger partial charge < -0.3 is 20.3 Å². The molecule has 0 radical (unpaired) electrons. The molecule has 10 heteroatoms. The molecule has 3 aliphatic heterocycles. The zero-order valence-corrected chi connectivity index (χ0v) is 23.0. The van der Waals surface area contributed by atoms with Gasteiger partial charge in [-0.25, -0.2) is 4.98 Å². The fraction of sp³-hybridized carbons (Fsp3) is 0.567. The lowest BCUT2D eigenvalue weighted by Gasteiger charge is -2.40. The van der Waals surface area contributed by atoms with Crippen LogP contribution < -0.4 is 10.6 Å². The van der Waals surface area contributed by atoms with E-state index in [0.29, 0.717) is 77.8 Å². The summed E-state index contributed by atoms with van der Waals surface area (Å²) in [5, 5.41) is 10.5. The Hall–Kier alpha value is -3.53. The first-order valence-corrected chi connectivity index (χ1v) is 14.5. The Morgan fingerprint density at radius 2 is 1.93 bits per heavy atom. The Kier molecular flexibility index (Phi) is 9.26. The molecule has 0 aliphatic carbocycles. The zero-order valence-electron chi connectivity index (χ0n) is 23.0. The molecule has 2 saturated heterocycles. The highest BCUT2D eigenvalue weighted by Crippen LogP contribution is 2.36. The van der Waals surface area contributed by atoms with E-state index in [-0.39, 0.29) is 29.7 Å². The lowest BCUT2D eigenvalue weighted by Crippen LogP contribution is -2.58. The Morgan fingerprint density at radius 3 is 2.70 bits per heavy atom. The molecule has 40 heavy (non-hydrogen) atoms. The number of ether oxygens (including phenoxy) is 1. The third kappa shape index (κ3) is 6.96. The molecule has 0 saturated carbocycles. The molecular formula is C30H40N6O4. The summed E-state index contributed by atoms with van der Waals surface area (Å²) in [6.07, 6.45) is 12.3. The van der Waals surface area contributed by atoms with Crippen molar-refractivity contribution in [1.29, 1.82) is 0 Å². The number of allylic oxidation sites excluding steroid dienone is 2. The van der Waals surface area contributed by atoms with Gasteiger partial charge in [-0.3, -0.25) is 19.1 Å². The first-order chi connectivity index (χ1) is 19.5. The maximum absolute atomic E-state index is 13.7. The average Bonchev–Trinajstić information content (AvgIpc) is 3.49. The molecule has 10 nitrogen and oxygen atoms in total. The molecule has 4 heterocycles. The van der Waals surface area contributed by atoms with Crippen LogP contribution >= 0.6 is 0 Å². The zero-order chi connectivity index (χ0) is 27.8. The fourth-order valence-electron chi connectivity index (χ4n) is 6.11. The summed E-state index contributed by atoms with van der Waals surface area (Å²) in [6, 6.07) is 9.07.